The Morgan fingerprint density at radius 2 is 1.86 bits per heavy atom. The van der Waals surface area contributed by atoms with E-state index >= 15 is 0 Å². The van der Waals surface area contributed by atoms with Gasteiger partial charge in [-0.3, -0.25) is 4.79 Å². The molecule has 14 heavy (non-hydrogen) atoms. The van der Waals surface area contributed by atoms with Crippen LogP contribution in [-0.2, 0) is 4.79 Å². The third kappa shape index (κ3) is 2.13. The van der Waals surface area contributed by atoms with Crippen LogP contribution in [0.5, 0.6) is 0 Å². The van der Waals surface area contributed by atoms with E-state index in [1.165, 1.54) is 0 Å². The molecular weight excluding hydrogens is 174 g/mol. The lowest BCUT2D eigenvalue weighted by molar-refractivity contribution is -0.126. The van der Waals surface area contributed by atoms with Gasteiger partial charge in [-0.25, -0.2) is 0 Å². The fourth-order valence-corrected chi connectivity index (χ4v) is 1.59. The van der Waals surface area contributed by atoms with Crippen LogP contribution in [-0.4, -0.2) is 24.4 Å². The van der Waals surface area contributed by atoms with Gasteiger partial charge in [-0.1, -0.05) is 24.3 Å². The molecule has 0 atom stereocenters. The Bertz CT molecular complexity index is 310. The predicted molar refractivity (Wildman–Crippen MR) is 58.9 cm³/mol. The molecule has 0 aromatic rings. The number of carbonyl (C=O) groups excluding carboxylic acids is 1. The molecule has 0 unspecified atom stereocenters. The van der Waals surface area contributed by atoms with E-state index in [4.69, 9.17) is 0 Å². The summed E-state index contributed by atoms with van der Waals surface area (Å²) in [7, 11) is 1.85. The van der Waals surface area contributed by atoms with Crippen molar-refractivity contribution in [1.29, 1.82) is 0 Å². The quantitative estimate of drug-likeness (QED) is 0.656. The molecule has 0 aromatic carbocycles. The predicted octanol–water partition coefficient (Wildman–Crippen LogP) is 2.30. The lowest BCUT2D eigenvalue weighted by Gasteiger charge is -2.24. The van der Waals surface area contributed by atoms with Crippen molar-refractivity contribution in [2.75, 3.05) is 13.6 Å². The molecule has 1 aliphatic heterocycles. The van der Waals surface area contributed by atoms with Crippen molar-refractivity contribution in [2.24, 2.45) is 0 Å². The normalized spacial score (nSPS) is 19.1. The SMILES string of the molecule is C/C=C\C1=C(/C=C\C)C(=O)N(C)CC1. The fourth-order valence-electron chi connectivity index (χ4n) is 1.59. The van der Waals surface area contributed by atoms with Crippen LogP contribution in [0.1, 0.15) is 20.3 Å². The first-order valence-corrected chi connectivity index (χ1v) is 4.94. The Labute approximate surface area is 85.6 Å². The van der Waals surface area contributed by atoms with E-state index in [9.17, 15) is 4.79 Å². The lowest BCUT2D eigenvalue weighted by atomic mass is 9.99. The second kappa shape index (κ2) is 4.80. The van der Waals surface area contributed by atoms with Crippen LogP contribution in [0.25, 0.3) is 0 Å². The summed E-state index contributed by atoms with van der Waals surface area (Å²) in [4.78, 5) is 13.5. The number of hydrogen-bond acceptors (Lipinski definition) is 1. The third-order valence-corrected chi connectivity index (χ3v) is 2.34. The van der Waals surface area contributed by atoms with Crippen LogP contribution in [0.4, 0.5) is 0 Å². The highest BCUT2D eigenvalue weighted by atomic mass is 16.2. The van der Waals surface area contributed by atoms with Gasteiger partial charge in [0, 0.05) is 19.2 Å². The Hall–Kier alpha value is -1.31. The third-order valence-electron chi connectivity index (χ3n) is 2.34. The van der Waals surface area contributed by atoms with Crippen molar-refractivity contribution in [3.05, 3.63) is 35.5 Å². The summed E-state index contributed by atoms with van der Waals surface area (Å²) in [6, 6.07) is 0. The van der Waals surface area contributed by atoms with Crippen molar-refractivity contribution < 1.29 is 4.79 Å². The van der Waals surface area contributed by atoms with Crippen LogP contribution in [0.15, 0.2) is 35.5 Å². The molecule has 76 valence electrons. The maximum Gasteiger partial charge on any atom is 0.253 e. The van der Waals surface area contributed by atoms with Crippen molar-refractivity contribution >= 4 is 5.91 Å². The Morgan fingerprint density at radius 3 is 2.43 bits per heavy atom. The van der Waals surface area contributed by atoms with E-state index in [-0.39, 0.29) is 5.91 Å². The first-order valence-electron chi connectivity index (χ1n) is 4.94. The average molecular weight is 191 g/mol. The van der Waals surface area contributed by atoms with Crippen molar-refractivity contribution in [2.45, 2.75) is 20.3 Å². The molecule has 1 aliphatic rings. The maximum atomic E-state index is 11.8. The van der Waals surface area contributed by atoms with Gasteiger partial charge in [0.2, 0.25) is 0 Å². The molecule has 0 aromatic heterocycles. The smallest absolute Gasteiger partial charge is 0.253 e. The average Bonchev–Trinajstić information content (AvgIpc) is 2.18. The van der Waals surface area contributed by atoms with E-state index in [2.05, 4.69) is 0 Å². The fraction of sp³-hybridized carbons (Fsp3) is 0.417. The van der Waals surface area contributed by atoms with E-state index in [0.717, 1.165) is 24.1 Å². The van der Waals surface area contributed by atoms with E-state index in [1.54, 1.807) is 4.90 Å². The Morgan fingerprint density at radius 1 is 1.21 bits per heavy atom. The number of rotatable bonds is 2. The molecule has 0 aliphatic carbocycles. The van der Waals surface area contributed by atoms with Gasteiger partial charge in [0.15, 0.2) is 0 Å². The second-order valence-corrected chi connectivity index (χ2v) is 3.42. The summed E-state index contributed by atoms with van der Waals surface area (Å²) in [6.07, 6.45) is 8.77. The van der Waals surface area contributed by atoms with E-state index < -0.39 is 0 Å². The summed E-state index contributed by atoms with van der Waals surface area (Å²) in [5, 5.41) is 0. The van der Waals surface area contributed by atoms with Crippen molar-refractivity contribution in [3.8, 4) is 0 Å². The van der Waals surface area contributed by atoms with Crippen LogP contribution in [0.2, 0.25) is 0 Å². The summed E-state index contributed by atoms with van der Waals surface area (Å²) in [6.45, 7) is 4.73. The topological polar surface area (TPSA) is 20.3 Å². The summed E-state index contributed by atoms with van der Waals surface area (Å²) < 4.78 is 0. The molecule has 0 saturated carbocycles. The molecule has 0 fully saturated rings. The van der Waals surface area contributed by atoms with Crippen LogP contribution < -0.4 is 0 Å². The molecule has 0 saturated heterocycles. The summed E-state index contributed by atoms with van der Waals surface area (Å²) in [5.41, 5.74) is 1.98. The first-order chi connectivity index (χ1) is 6.70. The molecule has 0 spiro atoms. The van der Waals surface area contributed by atoms with Crippen molar-refractivity contribution in [3.63, 3.8) is 0 Å². The van der Waals surface area contributed by atoms with Crippen LogP contribution in [0.3, 0.4) is 0 Å². The molecule has 0 radical (unpaired) electrons. The maximum absolute atomic E-state index is 11.8. The largest absolute Gasteiger partial charge is 0.341 e. The van der Waals surface area contributed by atoms with Gasteiger partial charge in [-0.05, 0) is 25.8 Å². The Balaban J connectivity index is 3.09. The first kappa shape index (κ1) is 10.8. The number of hydrogen-bond donors (Lipinski definition) is 0. The Kier molecular flexibility index (Phi) is 3.69. The van der Waals surface area contributed by atoms with E-state index in [0.29, 0.717) is 0 Å². The van der Waals surface area contributed by atoms with Gasteiger partial charge < -0.3 is 4.90 Å². The number of allylic oxidation sites excluding steroid dienone is 3. The minimum Gasteiger partial charge on any atom is -0.341 e. The van der Waals surface area contributed by atoms with Gasteiger partial charge in [0.25, 0.3) is 5.91 Å². The highest BCUT2D eigenvalue weighted by molar-refractivity contribution is 5.98. The molecule has 0 bridgehead atoms. The molecule has 2 nitrogen and oxygen atoms in total. The number of likely N-dealkylation sites (N-methyl/N-ethyl adjacent to an activating group) is 1. The van der Waals surface area contributed by atoms with Gasteiger partial charge in [-0.2, -0.15) is 0 Å². The second-order valence-electron chi connectivity index (χ2n) is 3.42. The van der Waals surface area contributed by atoms with Gasteiger partial charge in [0.1, 0.15) is 0 Å². The zero-order valence-electron chi connectivity index (χ0n) is 9.08. The highest BCUT2D eigenvalue weighted by Crippen LogP contribution is 2.20. The number of carbonyl (C=O) groups is 1. The molecule has 1 rings (SSSR count). The highest BCUT2D eigenvalue weighted by Gasteiger charge is 2.20. The van der Waals surface area contributed by atoms with Crippen molar-refractivity contribution in [1.82, 2.24) is 4.90 Å². The zero-order valence-corrected chi connectivity index (χ0v) is 9.08. The minimum atomic E-state index is 0.127. The van der Waals surface area contributed by atoms with Gasteiger partial charge in [-0.15, -0.1) is 0 Å². The van der Waals surface area contributed by atoms with Crippen LogP contribution in [0, 0.1) is 0 Å². The molecule has 2 heteroatoms. The van der Waals surface area contributed by atoms with Crippen LogP contribution >= 0.6 is 0 Å². The molecule has 1 amide bonds. The molecular formula is C12H17NO. The van der Waals surface area contributed by atoms with Gasteiger partial charge in [0.05, 0.1) is 0 Å². The zero-order chi connectivity index (χ0) is 10.6. The van der Waals surface area contributed by atoms with Gasteiger partial charge >= 0.3 is 0 Å². The number of amides is 1. The van der Waals surface area contributed by atoms with E-state index in [1.807, 2.05) is 45.2 Å². The standard InChI is InChI=1S/C12H17NO/c1-4-6-10-8-9-13(3)12(14)11(10)7-5-2/h4-7H,8-9H2,1-3H3/b6-4-,7-5-. The number of nitrogens with zero attached hydrogens (tertiary/aromatic N) is 1. The molecule has 0 N–H and O–H groups in total. The summed E-state index contributed by atoms with van der Waals surface area (Å²) in [5.74, 6) is 0.127. The minimum absolute atomic E-state index is 0.127. The lowest BCUT2D eigenvalue weighted by Crippen LogP contribution is -2.33. The molecule has 1 heterocycles. The summed E-state index contributed by atoms with van der Waals surface area (Å²) >= 11 is 0. The monoisotopic (exact) mass is 191 g/mol.